The minimum atomic E-state index is 0.962. The summed E-state index contributed by atoms with van der Waals surface area (Å²) in [6, 6.07) is 34.4. The molecule has 0 radical (unpaired) electrons. The molecule has 5 heteroatoms. The SMILES string of the molecule is CSCCn1c(=Nc2ccc(-n3c4ccccc4c4ccccc43)cc2)sc2ccccc21. The summed E-state index contributed by atoms with van der Waals surface area (Å²) in [6.45, 7) is 0.962. The number of aryl methyl sites for hydroxylation is 1. The molecule has 0 N–H and O–H groups in total. The third-order valence-electron chi connectivity index (χ3n) is 6.02. The van der Waals surface area contributed by atoms with Crippen LogP contribution in [0.2, 0.25) is 0 Å². The summed E-state index contributed by atoms with van der Waals surface area (Å²) in [5.41, 5.74) is 5.84. The average Bonchev–Trinajstić information content (AvgIpc) is 3.38. The van der Waals surface area contributed by atoms with E-state index in [2.05, 4.69) is 112 Å². The van der Waals surface area contributed by atoms with E-state index in [9.17, 15) is 0 Å². The predicted octanol–water partition coefficient (Wildman–Crippen LogP) is 7.40. The van der Waals surface area contributed by atoms with Crippen molar-refractivity contribution in [2.45, 2.75) is 6.54 Å². The van der Waals surface area contributed by atoms with Crippen molar-refractivity contribution in [3.63, 3.8) is 0 Å². The molecule has 162 valence electrons. The molecule has 2 heterocycles. The van der Waals surface area contributed by atoms with Crippen molar-refractivity contribution in [2.24, 2.45) is 4.99 Å². The second kappa shape index (κ2) is 8.58. The minimum Gasteiger partial charge on any atom is -0.316 e. The van der Waals surface area contributed by atoms with E-state index in [4.69, 9.17) is 4.99 Å². The van der Waals surface area contributed by atoms with Crippen LogP contribution < -0.4 is 4.80 Å². The monoisotopic (exact) mass is 465 g/mol. The maximum Gasteiger partial charge on any atom is 0.190 e. The average molecular weight is 466 g/mol. The van der Waals surface area contributed by atoms with Crippen molar-refractivity contribution in [1.82, 2.24) is 9.13 Å². The van der Waals surface area contributed by atoms with E-state index in [1.807, 2.05) is 11.8 Å². The number of aromatic nitrogens is 2. The van der Waals surface area contributed by atoms with Crippen LogP contribution in [-0.4, -0.2) is 21.1 Å². The molecule has 6 aromatic rings. The molecule has 3 nitrogen and oxygen atoms in total. The normalized spacial score (nSPS) is 12.3. The van der Waals surface area contributed by atoms with Crippen molar-refractivity contribution in [3.8, 4) is 5.69 Å². The molecule has 4 aromatic carbocycles. The van der Waals surface area contributed by atoms with E-state index in [-0.39, 0.29) is 0 Å². The number of nitrogens with zero attached hydrogens (tertiary/aromatic N) is 3. The Hall–Kier alpha value is -3.28. The summed E-state index contributed by atoms with van der Waals surface area (Å²) < 4.78 is 5.96. The molecule has 0 saturated carbocycles. The van der Waals surface area contributed by atoms with Crippen LogP contribution in [0.15, 0.2) is 102 Å². The molecule has 33 heavy (non-hydrogen) atoms. The van der Waals surface area contributed by atoms with E-state index in [0.29, 0.717) is 0 Å². The lowest BCUT2D eigenvalue weighted by molar-refractivity contribution is 0.775. The van der Waals surface area contributed by atoms with Gasteiger partial charge in [-0.2, -0.15) is 11.8 Å². The molecule has 0 bridgehead atoms. The van der Waals surface area contributed by atoms with Crippen LogP contribution in [0.5, 0.6) is 0 Å². The maximum absolute atomic E-state index is 5.04. The number of fused-ring (bicyclic) bond motifs is 4. The lowest BCUT2D eigenvalue weighted by Crippen LogP contribution is -2.15. The van der Waals surface area contributed by atoms with Crippen LogP contribution >= 0.6 is 23.1 Å². The molecule has 0 fully saturated rings. The third kappa shape index (κ3) is 3.58. The highest BCUT2D eigenvalue weighted by atomic mass is 32.2. The third-order valence-corrected chi connectivity index (χ3v) is 7.67. The number of para-hydroxylation sites is 3. The van der Waals surface area contributed by atoms with Gasteiger partial charge in [-0.3, -0.25) is 0 Å². The molecule has 0 atom stereocenters. The van der Waals surface area contributed by atoms with Gasteiger partial charge in [-0.25, -0.2) is 4.99 Å². The highest BCUT2D eigenvalue weighted by molar-refractivity contribution is 7.98. The molecule has 0 aliphatic heterocycles. The van der Waals surface area contributed by atoms with Crippen molar-refractivity contribution in [3.05, 3.63) is 102 Å². The predicted molar refractivity (Wildman–Crippen MR) is 144 cm³/mol. The minimum absolute atomic E-state index is 0.962. The lowest BCUT2D eigenvalue weighted by atomic mass is 10.2. The van der Waals surface area contributed by atoms with Gasteiger partial charge in [-0.1, -0.05) is 59.9 Å². The van der Waals surface area contributed by atoms with Gasteiger partial charge in [0.2, 0.25) is 0 Å². The Kier molecular flexibility index (Phi) is 5.29. The maximum atomic E-state index is 5.04. The molecule has 6 rings (SSSR count). The fourth-order valence-electron chi connectivity index (χ4n) is 4.49. The summed E-state index contributed by atoms with van der Waals surface area (Å²) in [5, 5.41) is 2.56. The molecule has 0 saturated heterocycles. The molecule has 0 unspecified atom stereocenters. The van der Waals surface area contributed by atoms with Crippen molar-refractivity contribution >= 4 is 60.8 Å². The Morgan fingerprint density at radius 1 is 0.727 bits per heavy atom. The molecule has 0 amide bonds. The second-order valence-corrected chi connectivity index (χ2v) is 9.99. The van der Waals surface area contributed by atoms with Gasteiger partial charge in [-0.15, -0.1) is 0 Å². The second-order valence-electron chi connectivity index (χ2n) is 7.99. The first kappa shape index (κ1) is 20.3. The number of hydrogen-bond acceptors (Lipinski definition) is 3. The van der Waals surface area contributed by atoms with E-state index in [0.717, 1.165) is 28.5 Å². The van der Waals surface area contributed by atoms with Gasteiger partial charge in [0, 0.05) is 28.8 Å². The van der Waals surface area contributed by atoms with E-state index in [1.54, 1.807) is 11.3 Å². The standard InChI is InChI=1S/C28H23N3S2/c1-32-19-18-30-26-12-6-7-13-27(26)33-28(30)29-20-14-16-21(17-15-20)31-24-10-4-2-8-22(24)23-9-3-5-11-25(23)31/h2-17H,18-19H2,1H3. The largest absolute Gasteiger partial charge is 0.316 e. The summed E-state index contributed by atoms with van der Waals surface area (Å²) >= 11 is 3.62. The topological polar surface area (TPSA) is 22.2 Å². The van der Waals surface area contributed by atoms with Gasteiger partial charge in [0.1, 0.15) is 0 Å². The molecule has 0 aliphatic rings. The number of benzene rings is 4. The van der Waals surface area contributed by atoms with Crippen LogP contribution in [0.3, 0.4) is 0 Å². The van der Waals surface area contributed by atoms with E-state index < -0.39 is 0 Å². The zero-order valence-electron chi connectivity index (χ0n) is 18.3. The van der Waals surface area contributed by atoms with Crippen LogP contribution in [0, 0.1) is 0 Å². The highest BCUT2D eigenvalue weighted by Gasteiger charge is 2.11. The molecule has 2 aromatic heterocycles. The Bertz CT molecular complexity index is 1600. The van der Waals surface area contributed by atoms with Crippen LogP contribution in [0.1, 0.15) is 0 Å². The van der Waals surface area contributed by atoms with Gasteiger partial charge in [0.25, 0.3) is 0 Å². The van der Waals surface area contributed by atoms with E-state index >= 15 is 0 Å². The summed E-state index contributed by atoms with van der Waals surface area (Å²) in [5.74, 6) is 1.07. The van der Waals surface area contributed by atoms with Crippen molar-refractivity contribution < 1.29 is 0 Å². The van der Waals surface area contributed by atoms with Crippen LogP contribution in [-0.2, 0) is 6.54 Å². The highest BCUT2D eigenvalue weighted by Crippen LogP contribution is 2.32. The molecule has 0 aliphatic carbocycles. The molecular formula is C28H23N3S2. The smallest absolute Gasteiger partial charge is 0.190 e. The van der Waals surface area contributed by atoms with Crippen LogP contribution in [0.4, 0.5) is 5.69 Å². The van der Waals surface area contributed by atoms with E-state index in [1.165, 1.54) is 32.0 Å². The summed E-state index contributed by atoms with van der Waals surface area (Å²) in [7, 11) is 0. The molecule has 0 spiro atoms. The van der Waals surface area contributed by atoms with Gasteiger partial charge in [0.15, 0.2) is 4.80 Å². The zero-order chi connectivity index (χ0) is 22.2. The van der Waals surface area contributed by atoms with Crippen molar-refractivity contribution in [1.29, 1.82) is 0 Å². The first-order valence-corrected chi connectivity index (χ1v) is 13.3. The number of hydrogen-bond donors (Lipinski definition) is 0. The van der Waals surface area contributed by atoms with Gasteiger partial charge >= 0.3 is 0 Å². The zero-order valence-corrected chi connectivity index (χ0v) is 19.9. The Morgan fingerprint density at radius 3 is 2.00 bits per heavy atom. The van der Waals surface area contributed by atoms with Crippen molar-refractivity contribution in [2.75, 3.05) is 12.0 Å². The molecular weight excluding hydrogens is 442 g/mol. The van der Waals surface area contributed by atoms with Gasteiger partial charge in [-0.05, 0) is 54.8 Å². The Morgan fingerprint density at radius 2 is 1.33 bits per heavy atom. The first-order chi connectivity index (χ1) is 16.3. The summed E-state index contributed by atoms with van der Waals surface area (Å²) in [4.78, 5) is 6.09. The van der Waals surface area contributed by atoms with Crippen LogP contribution in [0.25, 0.3) is 37.7 Å². The van der Waals surface area contributed by atoms with Gasteiger partial charge < -0.3 is 9.13 Å². The fourth-order valence-corrected chi connectivity index (χ4v) is 5.93. The summed E-state index contributed by atoms with van der Waals surface area (Å²) in [6.07, 6.45) is 2.15. The lowest BCUT2D eigenvalue weighted by Gasteiger charge is -2.08. The number of rotatable bonds is 5. The van der Waals surface area contributed by atoms with Gasteiger partial charge in [0.05, 0.1) is 26.9 Å². The quantitative estimate of drug-likeness (QED) is 0.260. The Labute approximate surface area is 200 Å². The first-order valence-electron chi connectivity index (χ1n) is 11.0. The Balaban J connectivity index is 1.46. The number of thioether (sulfide) groups is 1. The number of thiazole rings is 1. The fraction of sp³-hybridized carbons (Fsp3) is 0.107.